The van der Waals surface area contributed by atoms with Gasteiger partial charge >= 0.3 is 0 Å². The molecule has 0 aliphatic carbocycles. The zero-order valence-electron chi connectivity index (χ0n) is 12.6. The first-order chi connectivity index (χ1) is 10.2. The van der Waals surface area contributed by atoms with Crippen LogP contribution in [0.3, 0.4) is 0 Å². The molecule has 0 spiro atoms. The van der Waals surface area contributed by atoms with Crippen molar-refractivity contribution in [1.29, 1.82) is 5.26 Å². The molecular weight excluding hydrogens is 326 g/mol. The van der Waals surface area contributed by atoms with Gasteiger partial charge in [-0.2, -0.15) is 9.57 Å². The first-order valence-corrected chi connectivity index (χ1v) is 9.54. The summed E-state index contributed by atoms with van der Waals surface area (Å²) in [7, 11) is -6.33. The van der Waals surface area contributed by atoms with Crippen LogP contribution in [-0.4, -0.2) is 41.3 Å². The first kappa shape index (κ1) is 18.6. The number of sulfonamides is 2. The molecule has 7 nitrogen and oxygen atoms in total. The Labute approximate surface area is 131 Å². The molecule has 1 rings (SSSR count). The molecule has 0 fully saturated rings. The van der Waals surface area contributed by atoms with Crippen molar-refractivity contribution in [2.24, 2.45) is 5.92 Å². The normalized spacial score (nSPS) is 13.8. The van der Waals surface area contributed by atoms with E-state index in [2.05, 4.69) is 4.72 Å². The molecule has 0 amide bonds. The monoisotopic (exact) mass is 345 g/mol. The molecule has 22 heavy (non-hydrogen) atoms. The van der Waals surface area contributed by atoms with Crippen molar-refractivity contribution in [3.63, 3.8) is 0 Å². The minimum absolute atomic E-state index is 0.0539. The molecule has 0 aromatic heterocycles. The summed E-state index contributed by atoms with van der Waals surface area (Å²) >= 11 is 0. The standard InChI is InChI=1S/C13H19N3O4S2/c1-4-16(10-11(2)9-14)22(19,20)13-7-5-6-12(8-13)21(17,18)15-3/h5-8,11,15H,4,10H2,1-3H3. The minimum atomic E-state index is -3.86. The summed E-state index contributed by atoms with van der Waals surface area (Å²) in [6.45, 7) is 3.53. The van der Waals surface area contributed by atoms with Gasteiger partial charge in [0.1, 0.15) is 0 Å². The topological polar surface area (TPSA) is 107 Å². The Morgan fingerprint density at radius 1 is 1.27 bits per heavy atom. The maximum absolute atomic E-state index is 12.6. The van der Waals surface area contributed by atoms with Crippen LogP contribution < -0.4 is 4.72 Å². The second kappa shape index (κ2) is 7.19. The zero-order chi connectivity index (χ0) is 17.0. The number of hydrogen-bond acceptors (Lipinski definition) is 5. The highest BCUT2D eigenvalue weighted by molar-refractivity contribution is 7.90. The van der Waals surface area contributed by atoms with Crippen LogP contribution in [0.1, 0.15) is 13.8 Å². The molecule has 1 N–H and O–H groups in total. The Morgan fingerprint density at radius 2 is 1.86 bits per heavy atom. The van der Waals surface area contributed by atoms with Gasteiger partial charge in [-0.1, -0.05) is 13.0 Å². The molecule has 0 radical (unpaired) electrons. The Morgan fingerprint density at radius 3 is 2.36 bits per heavy atom. The molecule has 1 unspecified atom stereocenters. The van der Waals surface area contributed by atoms with Crippen LogP contribution >= 0.6 is 0 Å². The van der Waals surface area contributed by atoms with Gasteiger partial charge in [-0.25, -0.2) is 21.6 Å². The summed E-state index contributed by atoms with van der Waals surface area (Å²) in [4.78, 5) is -0.240. The largest absolute Gasteiger partial charge is 0.243 e. The fraction of sp³-hybridized carbons (Fsp3) is 0.462. The van der Waals surface area contributed by atoms with Gasteiger partial charge in [0.2, 0.25) is 20.0 Å². The van der Waals surface area contributed by atoms with E-state index in [9.17, 15) is 16.8 Å². The SMILES string of the molecule is CCN(CC(C)C#N)S(=O)(=O)c1cccc(S(=O)(=O)NC)c1. The lowest BCUT2D eigenvalue weighted by Gasteiger charge is -2.21. The third-order valence-electron chi connectivity index (χ3n) is 3.07. The maximum atomic E-state index is 12.6. The van der Waals surface area contributed by atoms with Crippen LogP contribution in [0, 0.1) is 17.2 Å². The molecule has 9 heteroatoms. The van der Waals surface area contributed by atoms with E-state index in [1.54, 1.807) is 13.8 Å². The van der Waals surface area contributed by atoms with Gasteiger partial charge < -0.3 is 0 Å². The van der Waals surface area contributed by atoms with Crippen LogP contribution in [0.2, 0.25) is 0 Å². The Hall–Kier alpha value is -1.47. The Balaban J connectivity index is 3.29. The predicted octanol–water partition coefficient (Wildman–Crippen LogP) is 0.765. The van der Waals surface area contributed by atoms with Crippen molar-refractivity contribution < 1.29 is 16.8 Å². The molecule has 0 saturated carbocycles. The smallest absolute Gasteiger partial charge is 0.214 e. The van der Waals surface area contributed by atoms with E-state index in [-0.39, 0.29) is 22.9 Å². The van der Waals surface area contributed by atoms with Crippen LogP contribution in [-0.2, 0) is 20.0 Å². The molecule has 1 atom stereocenters. The van der Waals surface area contributed by atoms with Crippen molar-refractivity contribution in [2.75, 3.05) is 20.1 Å². The van der Waals surface area contributed by atoms with E-state index in [4.69, 9.17) is 5.26 Å². The van der Waals surface area contributed by atoms with Crippen molar-refractivity contribution >= 4 is 20.0 Å². The summed E-state index contributed by atoms with van der Waals surface area (Å²) in [5, 5.41) is 8.84. The highest BCUT2D eigenvalue weighted by atomic mass is 32.2. The number of nitrogens with zero attached hydrogens (tertiary/aromatic N) is 2. The number of benzene rings is 1. The molecule has 0 saturated heterocycles. The Bertz CT molecular complexity index is 767. The lowest BCUT2D eigenvalue weighted by Crippen LogP contribution is -2.34. The van der Waals surface area contributed by atoms with Gasteiger partial charge in [0, 0.05) is 13.1 Å². The van der Waals surface area contributed by atoms with Crippen LogP contribution in [0.25, 0.3) is 0 Å². The minimum Gasteiger partial charge on any atom is -0.214 e. The van der Waals surface area contributed by atoms with Crippen LogP contribution in [0.5, 0.6) is 0 Å². The number of rotatable bonds is 7. The van der Waals surface area contributed by atoms with Gasteiger partial charge in [0.15, 0.2) is 0 Å². The van der Waals surface area contributed by atoms with Crippen molar-refractivity contribution in [2.45, 2.75) is 23.6 Å². The third-order valence-corrected chi connectivity index (χ3v) is 6.42. The fourth-order valence-corrected chi connectivity index (χ4v) is 4.25. The first-order valence-electron chi connectivity index (χ1n) is 6.62. The quantitative estimate of drug-likeness (QED) is 0.785. The molecule has 0 aliphatic rings. The molecule has 0 heterocycles. The average Bonchev–Trinajstić information content (AvgIpc) is 2.52. The van der Waals surface area contributed by atoms with Crippen molar-refractivity contribution in [3.8, 4) is 6.07 Å². The second-order valence-electron chi connectivity index (χ2n) is 4.67. The second-order valence-corrected chi connectivity index (χ2v) is 8.49. The summed E-state index contributed by atoms with van der Waals surface area (Å²) in [6, 6.07) is 7.13. The van der Waals surface area contributed by atoms with Gasteiger partial charge in [0.05, 0.1) is 21.8 Å². The van der Waals surface area contributed by atoms with E-state index in [1.165, 1.54) is 25.2 Å². The van der Waals surface area contributed by atoms with E-state index < -0.39 is 26.0 Å². The van der Waals surface area contributed by atoms with E-state index in [1.807, 2.05) is 6.07 Å². The molecule has 0 aliphatic heterocycles. The third kappa shape index (κ3) is 4.04. The predicted molar refractivity (Wildman–Crippen MR) is 81.9 cm³/mol. The van der Waals surface area contributed by atoms with E-state index >= 15 is 0 Å². The molecule has 0 bridgehead atoms. The lowest BCUT2D eigenvalue weighted by molar-refractivity contribution is 0.399. The number of nitriles is 1. The van der Waals surface area contributed by atoms with Crippen molar-refractivity contribution in [3.05, 3.63) is 24.3 Å². The summed E-state index contributed by atoms with van der Waals surface area (Å²) in [5.41, 5.74) is 0. The van der Waals surface area contributed by atoms with Crippen LogP contribution in [0.4, 0.5) is 0 Å². The average molecular weight is 345 g/mol. The van der Waals surface area contributed by atoms with Gasteiger partial charge in [-0.05, 0) is 32.2 Å². The number of nitrogens with one attached hydrogen (secondary N) is 1. The van der Waals surface area contributed by atoms with Gasteiger partial charge in [-0.15, -0.1) is 0 Å². The maximum Gasteiger partial charge on any atom is 0.243 e. The van der Waals surface area contributed by atoms with Crippen LogP contribution in [0.15, 0.2) is 34.1 Å². The highest BCUT2D eigenvalue weighted by Gasteiger charge is 2.26. The van der Waals surface area contributed by atoms with E-state index in [0.717, 1.165) is 10.4 Å². The number of hydrogen-bond donors (Lipinski definition) is 1. The summed E-state index contributed by atoms with van der Waals surface area (Å²) in [6.07, 6.45) is 0. The van der Waals surface area contributed by atoms with Gasteiger partial charge in [-0.3, -0.25) is 0 Å². The fourth-order valence-electron chi connectivity index (χ4n) is 1.81. The molecule has 1 aromatic carbocycles. The summed E-state index contributed by atoms with van der Waals surface area (Å²) in [5.74, 6) is -0.459. The zero-order valence-corrected chi connectivity index (χ0v) is 14.3. The molecular formula is C13H19N3O4S2. The van der Waals surface area contributed by atoms with Crippen molar-refractivity contribution in [1.82, 2.24) is 9.03 Å². The molecule has 1 aromatic rings. The summed E-state index contributed by atoms with van der Waals surface area (Å²) < 4.78 is 52.0. The van der Waals surface area contributed by atoms with E-state index in [0.29, 0.717) is 0 Å². The lowest BCUT2D eigenvalue weighted by atomic mass is 10.2. The van der Waals surface area contributed by atoms with Gasteiger partial charge in [0.25, 0.3) is 0 Å². The Kier molecular flexibility index (Phi) is 6.08. The highest BCUT2D eigenvalue weighted by Crippen LogP contribution is 2.20. The molecule has 122 valence electrons.